The zero-order valence-corrected chi connectivity index (χ0v) is 13.7. The molecule has 0 saturated carbocycles. The smallest absolute Gasteiger partial charge is 0.264 e. The van der Waals surface area contributed by atoms with Gasteiger partial charge in [-0.25, -0.2) is 9.67 Å². The van der Waals surface area contributed by atoms with Crippen molar-refractivity contribution in [1.82, 2.24) is 25.2 Å². The lowest BCUT2D eigenvalue weighted by atomic mass is 10.3. The van der Waals surface area contributed by atoms with Crippen molar-refractivity contribution in [2.45, 2.75) is 0 Å². The second-order valence-electron chi connectivity index (χ2n) is 5.08. The summed E-state index contributed by atoms with van der Waals surface area (Å²) in [5.74, 6) is 0.277. The molecule has 4 aromatic rings. The van der Waals surface area contributed by atoms with Crippen molar-refractivity contribution >= 4 is 32.6 Å². The summed E-state index contributed by atoms with van der Waals surface area (Å²) in [5, 5.41) is 14.3. The van der Waals surface area contributed by atoms with Gasteiger partial charge in [0.25, 0.3) is 5.91 Å². The molecule has 0 radical (unpaired) electrons. The van der Waals surface area contributed by atoms with Gasteiger partial charge in [-0.05, 0) is 34.7 Å². The Hall–Kier alpha value is -3.33. The Balaban J connectivity index is 1.39. The maximum Gasteiger partial charge on any atom is 0.264 e. The van der Waals surface area contributed by atoms with Crippen molar-refractivity contribution in [2.24, 2.45) is 0 Å². The average Bonchev–Trinajstić information content (AvgIpc) is 3.29. The van der Waals surface area contributed by atoms with Gasteiger partial charge in [-0.3, -0.25) is 10.1 Å². The molecular weight excluding hydrogens is 340 g/mol. The zero-order chi connectivity index (χ0) is 17.1. The van der Waals surface area contributed by atoms with Crippen LogP contribution in [0, 0.1) is 0 Å². The number of nitrogens with zero attached hydrogens (tertiary/aromatic N) is 5. The number of rotatable bonds is 5. The fourth-order valence-electron chi connectivity index (χ4n) is 2.23. The molecular formula is C16H12N6O2S. The van der Waals surface area contributed by atoms with Gasteiger partial charge in [0.2, 0.25) is 0 Å². The molecule has 1 amide bonds. The number of tetrazole rings is 1. The number of benzene rings is 2. The highest BCUT2D eigenvalue weighted by molar-refractivity contribution is 7.22. The highest BCUT2D eigenvalue weighted by Crippen LogP contribution is 2.25. The number of hydrogen-bond acceptors (Lipinski definition) is 7. The van der Waals surface area contributed by atoms with Crippen molar-refractivity contribution in [3.63, 3.8) is 0 Å². The highest BCUT2D eigenvalue weighted by Gasteiger charge is 2.09. The van der Waals surface area contributed by atoms with Crippen LogP contribution in [0.3, 0.4) is 0 Å². The first-order chi connectivity index (χ1) is 12.3. The maximum atomic E-state index is 12.1. The molecule has 2 aromatic heterocycles. The molecule has 0 atom stereocenters. The first-order valence-electron chi connectivity index (χ1n) is 7.39. The molecule has 0 aliphatic heterocycles. The van der Waals surface area contributed by atoms with Gasteiger partial charge in [0.15, 0.2) is 11.7 Å². The first-order valence-corrected chi connectivity index (χ1v) is 8.21. The van der Waals surface area contributed by atoms with Gasteiger partial charge in [0.05, 0.1) is 15.9 Å². The van der Waals surface area contributed by atoms with E-state index < -0.39 is 0 Å². The molecule has 124 valence electrons. The molecule has 0 saturated heterocycles. The van der Waals surface area contributed by atoms with Crippen LogP contribution in [0.15, 0.2) is 54.9 Å². The second kappa shape index (κ2) is 6.65. The third kappa shape index (κ3) is 3.45. The van der Waals surface area contributed by atoms with Gasteiger partial charge < -0.3 is 4.74 Å². The molecule has 0 aliphatic carbocycles. The van der Waals surface area contributed by atoms with Crippen LogP contribution in [0.2, 0.25) is 0 Å². The van der Waals surface area contributed by atoms with E-state index in [-0.39, 0.29) is 12.5 Å². The molecule has 2 aromatic carbocycles. The summed E-state index contributed by atoms with van der Waals surface area (Å²) in [6.07, 6.45) is 1.49. The van der Waals surface area contributed by atoms with E-state index in [0.29, 0.717) is 10.9 Å². The van der Waals surface area contributed by atoms with Crippen LogP contribution in [-0.4, -0.2) is 37.7 Å². The van der Waals surface area contributed by atoms with E-state index in [1.165, 1.54) is 22.3 Å². The van der Waals surface area contributed by atoms with Crippen molar-refractivity contribution in [2.75, 3.05) is 11.9 Å². The fourth-order valence-corrected chi connectivity index (χ4v) is 3.11. The first kappa shape index (κ1) is 15.2. The van der Waals surface area contributed by atoms with Crippen LogP contribution in [0.1, 0.15) is 0 Å². The Bertz CT molecular complexity index is 981. The number of aromatic nitrogens is 5. The van der Waals surface area contributed by atoms with Gasteiger partial charge in [0.1, 0.15) is 12.1 Å². The summed E-state index contributed by atoms with van der Waals surface area (Å²) >= 11 is 1.42. The monoisotopic (exact) mass is 352 g/mol. The van der Waals surface area contributed by atoms with Gasteiger partial charge in [-0.1, -0.05) is 29.5 Å². The Morgan fingerprint density at radius 1 is 1.20 bits per heavy atom. The van der Waals surface area contributed by atoms with Gasteiger partial charge in [-0.15, -0.1) is 5.10 Å². The van der Waals surface area contributed by atoms with Crippen LogP contribution in [0.25, 0.3) is 15.9 Å². The van der Waals surface area contributed by atoms with Crippen molar-refractivity contribution < 1.29 is 9.53 Å². The minimum atomic E-state index is -0.271. The van der Waals surface area contributed by atoms with E-state index in [9.17, 15) is 4.79 Å². The lowest BCUT2D eigenvalue weighted by molar-refractivity contribution is -0.118. The normalized spacial score (nSPS) is 10.7. The number of hydrogen-bond donors (Lipinski definition) is 1. The minimum Gasteiger partial charge on any atom is -0.484 e. The van der Waals surface area contributed by atoms with Crippen molar-refractivity contribution in [3.05, 3.63) is 54.9 Å². The quantitative estimate of drug-likeness (QED) is 0.592. The standard InChI is InChI=1S/C16H12N6O2S/c23-15(19-16-18-13-6-1-2-7-14(13)25-16)9-24-12-5-3-4-11(8-12)22-10-17-20-21-22/h1-8,10H,9H2,(H,18,19,23). The summed E-state index contributed by atoms with van der Waals surface area (Å²) in [6, 6.07) is 14.9. The second-order valence-corrected chi connectivity index (χ2v) is 6.11. The van der Waals surface area contributed by atoms with E-state index in [1.54, 1.807) is 18.2 Å². The maximum absolute atomic E-state index is 12.1. The number of para-hydroxylation sites is 1. The summed E-state index contributed by atoms with van der Waals surface area (Å²) in [7, 11) is 0. The molecule has 0 fully saturated rings. The molecule has 0 unspecified atom stereocenters. The van der Waals surface area contributed by atoms with Gasteiger partial charge >= 0.3 is 0 Å². The van der Waals surface area contributed by atoms with Crippen LogP contribution in [0.4, 0.5) is 5.13 Å². The summed E-state index contributed by atoms with van der Waals surface area (Å²) < 4.78 is 8.06. The number of thiazole rings is 1. The largest absolute Gasteiger partial charge is 0.484 e. The predicted octanol–water partition coefficient (Wildman–Crippen LogP) is 2.29. The lowest BCUT2D eigenvalue weighted by Crippen LogP contribution is -2.20. The van der Waals surface area contributed by atoms with Gasteiger partial charge in [-0.2, -0.15) is 0 Å². The number of nitrogens with one attached hydrogen (secondary N) is 1. The number of amides is 1. The Morgan fingerprint density at radius 3 is 2.96 bits per heavy atom. The molecule has 4 rings (SSSR count). The molecule has 25 heavy (non-hydrogen) atoms. The molecule has 9 heteroatoms. The van der Waals surface area contributed by atoms with E-state index in [4.69, 9.17) is 4.74 Å². The minimum absolute atomic E-state index is 0.116. The third-order valence-electron chi connectivity index (χ3n) is 3.34. The van der Waals surface area contributed by atoms with Crippen molar-refractivity contribution in [1.29, 1.82) is 0 Å². The van der Waals surface area contributed by atoms with E-state index in [1.807, 2.05) is 30.3 Å². The van der Waals surface area contributed by atoms with Crippen LogP contribution in [-0.2, 0) is 4.79 Å². The number of anilines is 1. The summed E-state index contributed by atoms with van der Waals surface area (Å²) in [5.41, 5.74) is 1.60. The summed E-state index contributed by atoms with van der Waals surface area (Å²) in [6.45, 7) is -0.116. The Kier molecular flexibility index (Phi) is 4.05. The topological polar surface area (TPSA) is 94.8 Å². The van der Waals surface area contributed by atoms with Crippen LogP contribution >= 0.6 is 11.3 Å². The predicted molar refractivity (Wildman–Crippen MR) is 92.9 cm³/mol. The molecule has 0 bridgehead atoms. The number of ether oxygens (including phenoxy) is 1. The van der Waals surface area contributed by atoms with Crippen LogP contribution in [0.5, 0.6) is 5.75 Å². The Morgan fingerprint density at radius 2 is 2.12 bits per heavy atom. The molecule has 2 heterocycles. The molecule has 8 nitrogen and oxygen atoms in total. The third-order valence-corrected chi connectivity index (χ3v) is 4.29. The van der Waals surface area contributed by atoms with E-state index >= 15 is 0 Å². The lowest BCUT2D eigenvalue weighted by Gasteiger charge is -2.07. The van der Waals surface area contributed by atoms with Gasteiger partial charge in [0, 0.05) is 6.07 Å². The molecule has 1 N–H and O–H groups in total. The van der Waals surface area contributed by atoms with Crippen LogP contribution < -0.4 is 10.1 Å². The fraction of sp³-hybridized carbons (Fsp3) is 0.0625. The SMILES string of the molecule is O=C(COc1cccc(-n2cnnn2)c1)Nc1nc2ccccc2s1. The summed E-state index contributed by atoms with van der Waals surface area (Å²) in [4.78, 5) is 16.4. The molecule has 0 spiro atoms. The highest BCUT2D eigenvalue weighted by atomic mass is 32.1. The zero-order valence-electron chi connectivity index (χ0n) is 12.9. The number of fused-ring (bicyclic) bond motifs is 1. The molecule has 0 aliphatic rings. The van der Waals surface area contributed by atoms with E-state index in [2.05, 4.69) is 25.8 Å². The number of carbonyl (C=O) groups excluding carboxylic acids is 1. The Labute approximate surface area is 146 Å². The van der Waals surface area contributed by atoms with Crippen molar-refractivity contribution in [3.8, 4) is 11.4 Å². The number of carbonyl (C=O) groups is 1. The van der Waals surface area contributed by atoms with E-state index in [0.717, 1.165) is 15.9 Å². The average molecular weight is 352 g/mol.